The molecule has 100 valence electrons. The number of nitrogens with zero attached hydrogens (tertiary/aromatic N) is 1. The molecular formula is C14H16N2O3. The Hall–Kier alpha value is -2.14. The third-order valence-electron chi connectivity index (χ3n) is 3.05. The molecule has 0 aliphatic heterocycles. The van der Waals surface area contributed by atoms with E-state index in [1.807, 2.05) is 32.0 Å². The summed E-state index contributed by atoms with van der Waals surface area (Å²) in [5.41, 5.74) is 0.990. The van der Waals surface area contributed by atoms with Gasteiger partial charge in [-0.25, -0.2) is 0 Å². The molecule has 19 heavy (non-hydrogen) atoms. The lowest BCUT2D eigenvalue weighted by atomic mass is 10.1. The fraction of sp³-hybridized carbons (Fsp3) is 0.286. The Bertz CT molecular complexity index is 552. The standard InChI is InChI=1S/C14H16N2O3/c1-10(15-11(2)14-7-4-8-19-14)12-5-3-6-13(9-12)16(17)18/h3-11,15H,1-2H3. The van der Waals surface area contributed by atoms with Crippen LogP contribution in [-0.2, 0) is 0 Å². The smallest absolute Gasteiger partial charge is 0.269 e. The van der Waals surface area contributed by atoms with Gasteiger partial charge in [0.1, 0.15) is 5.76 Å². The van der Waals surface area contributed by atoms with Crippen LogP contribution in [0.5, 0.6) is 0 Å². The summed E-state index contributed by atoms with van der Waals surface area (Å²) in [6.45, 7) is 3.96. The first-order valence-electron chi connectivity index (χ1n) is 6.11. The van der Waals surface area contributed by atoms with Crippen molar-refractivity contribution in [1.82, 2.24) is 5.32 Å². The van der Waals surface area contributed by atoms with Crippen LogP contribution in [0.1, 0.15) is 37.3 Å². The lowest BCUT2D eigenvalue weighted by Gasteiger charge is -2.18. The highest BCUT2D eigenvalue weighted by Gasteiger charge is 2.15. The molecule has 5 heteroatoms. The number of nitrogens with one attached hydrogen (secondary N) is 1. The molecular weight excluding hydrogens is 244 g/mol. The molecule has 5 nitrogen and oxygen atoms in total. The Morgan fingerprint density at radius 2 is 2.00 bits per heavy atom. The molecule has 1 aromatic carbocycles. The Morgan fingerprint density at radius 1 is 1.21 bits per heavy atom. The maximum absolute atomic E-state index is 10.8. The topological polar surface area (TPSA) is 68.3 Å². The van der Waals surface area contributed by atoms with Crippen LogP contribution in [-0.4, -0.2) is 4.92 Å². The van der Waals surface area contributed by atoms with Gasteiger partial charge in [0.15, 0.2) is 0 Å². The average Bonchev–Trinajstić information content (AvgIpc) is 2.92. The monoisotopic (exact) mass is 260 g/mol. The van der Waals surface area contributed by atoms with Crippen LogP contribution >= 0.6 is 0 Å². The predicted molar refractivity (Wildman–Crippen MR) is 71.8 cm³/mol. The van der Waals surface area contributed by atoms with Crippen molar-refractivity contribution in [2.24, 2.45) is 0 Å². The fourth-order valence-electron chi connectivity index (χ4n) is 2.00. The molecule has 0 amide bonds. The predicted octanol–water partition coefficient (Wildman–Crippen LogP) is 3.60. The van der Waals surface area contributed by atoms with E-state index in [1.54, 1.807) is 18.4 Å². The second-order valence-corrected chi connectivity index (χ2v) is 4.48. The third-order valence-corrected chi connectivity index (χ3v) is 3.05. The van der Waals surface area contributed by atoms with E-state index in [9.17, 15) is 10.1 Å². The summed E-state index contributed by atoms with van der Waals surface area (Å²) in [4.78, 5) is 10.4. The zero-order valence-electron chi connectivity index (χ0n) is 10.9. The summed E-state index contributed by atoms with van der Waals surface area (Å²) >= 11 is 0. The Balaban J connectivity index is 2.09. The average molecular weight is 260 g/mol. The van der Waals surface area contributed by atoms with Gasteiger partial charge in [-0.05, 0) is 31.5 Å². The summed E-state index contributed by atoms with van der Waals surface area (Å²) in [5, 5.41) is 14.1. The van der Waals surface area contributed by atoms with E-state index in [4.69, 9.17) is 4.42 Å². The van der Waals surface area contributed by atoms with Gasteiger partial charge in [-0.15, -0.1) is 0 Å². The van der Waals surface area contributed by atoms with E-state index < -0.39 is 0 Å². The lowest BCUT2D eigenvalue weighted by molar-refractivity contribution is -0.384. The SMILES string of the molecule is CC(NC(C)c1ccco1)c1cccc([N+](=O)[O-])c1. The van der Waals surface area contributed by atoms with Crippen LogP contribution in [0.2, 0.25) is 0 Å². The first-order chi connectivity index (χ1) is 9.08. The van der Waals surface area contributed by atoms with E-state index in [0.29, 0.717) is 0 Å². The Morgan fingerprint density at radius 3 is 2.63 bits per heavy atom. The molecule has 0 bridgehead atoms. The molecule has 0 aliphatic rings. The van der Waals surface area contributed by atoms with Crippen molar-refractivity contribution >= 4 is 5.69 Å². The summed E-state index contributed by atoms with van der Waals surface area (Å²) in [6, 6.07) is 10.4. The molecule has 2 aromatic rings. The van der Waals surface area contributed by atoms with Gasteiger partial charge in [0.25, 0.3) is 5.69 Å². The summed E-state index contributed by atoms with van der Waals surface area (Å²) in [5.74, 6) is 0.845. The van der Waals surface area contributed by atoms with Crippen molar-refractivity contribution in [2.75, 3.05) is 0 Å². The van der Waals surface area contributed by atoms with Crippen molar-refractivity contribution < 1.29 is 9.34 Å². The molecule has 1 N–H and O–H groups in total. The number of nitro benzene ring substituents is 1. The molecule has 2 rings (SSSR count). The van der Waals surface area contributed by atoms with Crippen molar-refractivity contribution in [2.45, 2.75) is 25.9 Å². The Labute approximate surface area is 111 Å². The number of rotatable bonds is 5. The maximum Gasteiger partial charge on any atom is 0.269 e. The van der Waals surface area contributed by atoms with Gasteiger partial charge in [-0.1, -0.05) is 12.1 Å². The number of non-ortho nitro benzene ring substituents is 1. The number of hydrogen-bond donors (Lipinski definition) is 1. The first kappa shape index (κ1) is 13.3. The zero-order valence-corrected chi connectivity index (χ0v) is 10.9. The molecule has 0 spiro atoms. The van der Waals surface area contributed by atoms with Gasteiger partial charge < -0.3 is 9.73 Å². The van der Waals surface area contributed by atoms with Gasteiger partial charge in [0, 0.05) is 18.2 Å². The second kappa shape index (κ2) is 5.67. The van der Waals surface area contributed by atoms with Crippen molar-refractivity contribution in [3.8, 4) is 0 Å². The van der Waals surface area contributed by atoms with Crippen LogP contribution in [0, 0.1) is 10.1 Å². The molecule has 2 unspecified atom stereocenters. The second-order valence-electron chi connectivity index (χ2n) is 4.48. The quantitative estimate of drug-likeness (QED) is 0.658. The van der Waals surface area contributed by atoms with Gasteiger partial charge in [-0.3, -0.25) is 10.1 Å². The minimum atomic E-state index is -0.383. The van der Waals surface area contributed by atoms with E-state index in [-0.39, 0.29) is 22.7 Å². The van der Waals surface area contributed by atoms with Crippen LogP contribution in [0.3, 0.4) is 0 Å². The van der Waals surface area contributed by atoms with Gasteiger partial charge in [0.2, 0.25) is 0 Å². The van der Waals surface area contributed by atoms with E-state index >= 15 is 0 Å². The minimum absolute atomic E-state index is 0. The van der Waals surface area contributed by atoms with Crippen molar-refractivity contribution in [3.05, 3.63) is 64.1 Å². The van der Waals surface area contributed by atoms with Crippen molar-refractivity contribution in [3.63, 3.8) is 0 Å². The van der Waals surface area contributed by atoms with E-state index in [0.717, 1.165) is 11.3 Å². The number of benzene rings is 1. The molecule has 1 heterocycles. The van der Waals surface area contributed by atoms with Crippen LogP contribution in [0.4, 0.5) is 5.69 Å². The number of nitro groups is 1. The summed E-state index contributed by atoms with van der Waals surface area (Å²) < 4.78 is 5.32. The molecule has 0 radical (unpaired) electrons. The van der Waals surface area contributed by atoms with Crippen LogP contribution < -0.4 is 5.32 Å². The molecule has 0 aliphatic carbocycles. The zero-order chi connectivity index (χ0) is 13.8. The Kier molecular flexibility index (Phi) is 3.97. The highest BCUT2D eigenvalue weighted by atomic mass is 16.6. The van der Waals surface area contributed by atoms with Crippen molar-refractivity contribution in [1.29, 1.82) is 0 Å². The van der Waals surface area contributed by atoms with Gasteiger partial charge >= 0.3 is 0 Å². The molecule has 0 saturated heterocycles. The number of hydrogen-bond acceptors (Lipinski definition) is 4. The van der Waals surface area contributed by atoms with Crippen LogP contribution in [0.25, 0.3) is 0 Å². The summed E-state index contributed by atoms with van der Waals surface area (Å²) in [6.07, 6.45) is 1.63. The highest BCUT2D eigenvalue weighted by molar-refractivity contribution is 5.35. The number of furan rings is 1. The molecule has 0 saturated carbocycles. The van der Waals surface area contributed by atoms with E-state index in [2.05, 4.69) is 5.32 Å². The molecule has 1 aromatic heterocycles. The molecule has 0 fully saturated rings. The van der Waals surface area contributed by atoms with E-state index in [1.165, 1.54) is 6.07 Å². The highest BCUT2D eigenvalue weighted by Crippen LogP contribution is 2.22. The minimum Gasteiger partial charge on any atom is -0.468 e. The normalized spacial score (nSPS) is 14.0. The summed E-state index contributed by atoms with van der Waals surface area (Å²) in [7, 11) is 0. The van der Waals surface area contributed by atoms with Crippen LogP contribution in [0.15, 0.2) is 47.1 Å². The van der Waals surface area contributed by atoms with Gasteiger partial charge in [0.05, 0.1) is 17.2 Å². The lowest BCUT2D eigenvalue weighted by Crippen LogP contribution is -2.22. The third kappa shape index (κ3) is 3.20. The van der Waals surface area contributed by atoms with Gasteiger partial charge in [-0.2, -0.15) is 0 Å². The largest absolute Gasteiger partial charge is 0.468 e. The first-order valence-corrected chi connectivity index (χ1v) is 6.11. The fourth-order valence-corrected chi connectivity index (χ4v) is 2.00. The molecule has 2 atom stereocenters. The maximum atomic E-state index is 10.8.